The van der Waals surface area contributed by atoms with Crippen LogP contribution in [0.15, 0.2) is 30.6 Å². The van der Waals surface area contributed by atoms with Crippen LogP contribution >= 0.6 is 0 Å². The summed E-state index contributed by atoms with van der Waals surface area (Å²) in [7, 11) is 3.49. The Morgan fingerprint density at radius 2 is 1.74 bits per heavy atom. The molecule has 12 nitrogen and oxygen atoms in total. The van der Waals surface area contributed by atoms with Gasteiger partial charge in [0, 0.05) is 64.9 Å². The van der Waals surface area contributed by atoms with Gasteiger partial charge in [-0.2, -0.15) is 4.98 Å². The zero-order chi connectivity index (χ0) is 24.5. The normalized spacial score (nSPS) is 16.1. The van der Waals surface area contributed by atoms with Crippen molar-refractivity contribution >= 4 is 40.5 Å². The molecule has 5 rings (SSSR count). The van der Waals surface area contributed by atoms with E-state index < -0.39 is 6.09 Å². The SMILES string of the molecule is CN(C)C(=O)c1cc2cnc(Nc3ccc(N4CCN(C(=O)O)CC4)cn3)nc2n1N1CCCC1. The molecule has 0 saturated carbocycles. The Hall–Kier alpha value is -4.09. The van der Waals surface area contributed by atoms with Crippen molar-refractivity contribution in [3.05, 3.63) is 36.3 Å². The number of hydrogen-bond donors (Lipinski definition) is 2. The van der Waals surface area contributed by atoms with Crippen LogP contribution in [-0.2, 0) is 0 Å². The highest BCUT2D eigenvalue weighted by Crippen LogP contribution is 2.24. The number of pyridine rings is 1. The first-order chi connectivity index (χ1) is 16.9. The number of rotatable bonds is 5. The summed E-state index contributed by atoms with van der Waals surface area (Å²) in [6.07, 6.45) is 4.76. The minimum absolute atomic E-state index is 0.0779. The average Bonchev–Trinajstić information content (AvgIpc) is 3.51. The highest BCUT2D eigenvalue weighted by molar-refractivity contribution is 5.98. The van der Waals surface area contributed by atoms with Crippen LogP contribution in [0, 0.1) is 0 Å². The van der Waals surface area contributed by atoms with Crippen molar-refractivity contribution in [3.63, 3.8) is 0 Å². The fourth-order valence-corrected chi connectivity index (χ4v) is 4.52. The van der Waals surface area contributed by atoms with Gasteiger partial charge in [-0.3, -0.25) is 4.79 Å². The largest absolute Gasteiger partial charge is 0.465 e. The van der Waals surface area contributed by atoms with Crippen LogP contribution in [0.2, 0.25) is 0 Å². The van der Waals surface area contributed by atoms with Crippen LogP contribution in [0.5, 0.6) is 0 Å². The number of nitrogens with zero attached hydrogens (tertiary/aromatic N) is 8. The molecule has 3 aromatic heterocycles. The molecule has 0 spiro atoms. The van der Waals surface area contributed by atoms with Crippen LogP contribution in [0.4, 0.5) is 22.2 Å². The monoisotopic (exact) mass is 479 g/mol. The van der Waals surface area contributed by atoms with E-state index in [-0.39, 0.29) is 5.91 Å². The topological polar surface area (TPSA) is 123 Å². The first kappa shape index (κ1) is 22.7. The van der Waals surface area contributed by atoms with Gasteiger partial charge in [-0.25, -0.2) is 19.4 Å². The molecule has 0 unspecified atom stereocenters. The van der Waals surface area contributed by atoms with E-state index >= 15 is 0 Å². The summed E-state index contributed by atoms with van der Waals surface area (Å²) in [6, 6.07) is 5.65. The van der Waals surface area contributed by atoms with Gasteiger partial charge in [0.1, 0.15) is 11.5 Å². The maximum atomic E-state index is 12.9. The lowest BCUT2D eigenvalue weighted by Gasteiger charge is -2.34. The molecule has 35 heavy (non-hydrogen) atoms. The lowest BCUT2D eigenvalue weighted by molar-refractivity contribution is 0.0817. The molecule has 0 radical (unpaired) electrons. The van der Waals surface area contributed by atoms with E-state index in [9.17, 15) is 9.59 Å². The Balaban J connectivity index is 1.36. The van der Waals surface area contributed by atoms with E-state index in [1.165, 1.54) is 4.90 Å². The standard InChI is InChI=1S/C23H29N9O3/c1-28(2)21(33)18-13-16-14-25-22(27-20(16)32(18)31-7-3-4-8-31)26-19-6-5-17(15-24-19)29-9-11-30(12-10-29)23(34)35/h5-6,13-15H,3-4,7-12H2,1-2H3,(H,34,35)(H,24,25,26,27). The second kappa shape index (κ2) is 9.28. The van der Waals surface area contributed by atoms with Crippen molar-refractivity contribution in [2.45, 2.75) is 12.8 Å². The molecule has 184 valence electrons. The number of carboxylic acid groups (broad SMARTS) is 1. The molecule has 5 heterocycles. The Morgan fingerprint density at radius 1 is 1.00 bits per heavy atom. The van der Waals surface area contributed by atoms with Crippen molar-refractivity contribution in [1.82, 2.24) is 29.4 Å². The van der Waals surface area contributed by atoms with Crippen molar-refractivity contribution in [3.8, 4) is 0 Å². The summed E-state index contributed by atoms with van der Waals surface area (Å²) < 4.78 is 1.92. The quantitative estimate of drug-likeness (QED) is 0.564. The predicted octanol–water partition coefficient (Wildman–Crippen LogP) is 1.80. The molecule has 12 heteroatoms. The van der Waals surface area contributed by atoms with Gasteiger partial charge in [0.2, 0.25) is 5.95 Å². The van der Waals surface area contributed by atoms with Crippen LogP contribution < -0.4 is 15.2 Å². The second-order valence-corrected chi connectivity index (χ2v) is 8.96. The summed E-state index contributed by atoms with van der Waals surface area (Å²) in [5, 5.41) is 15.2. The van der Waals surface area contributed by atoms with Gasteiger partial charge in [-0.15, -0.1) is 0 Å². The first-order valence-corrected chi connectivity index (χ1v) is 11.7. The van der Waals surface area contributed by atoms with E-state index in [1.54, 1.807) is 31.4 Å². The highest BCUT2D eigenvalue weighted by Gasteiger charge is 2.25. The summed E-state index contributed by atoms with van der Waals surface area (Å²) in [6.45, 7) is 3.93. The molecule has 0 bridgehead atoms. The summed E-state index contributed by atoms with van der Waals surface area (Å²) in [5.41, 5.74) is 2.19. The minimum atomic E-state index is -0.881. The Labute approximate surface area is 202 Å². The van der Waals surface area contributed by atoms with Crippen molar-refractivity contribution in [2.75, 3.05) is 68.6 Å². The van der Waals surface area contributed by atoms with Crippen molar-refractivity contribution in [2.24, 2.45) is 0 Å². The number of hydrogen-bond acceptors (Lipinski definition) is 8. The third-order valence-corrected chi connectivity index (χ3v) is 6.41. The maximum Gasteiger partial charge on any atom is 0.407 e. The zero-order valence-corrected chi connectivity index (χ0v) is 19.9. The van der Waals surface area contributed by atoms with Gasteiger partial charge >= 0.3 is 6.09 Å². The molecule has 0 atom stereocenters. The minimum Gasteiger partial charge on any atom is -0.465 e. The van der Waals surface area contributed by atoms with Crippen LogP contribution in [0.3, 0.4) is 0 Å². The van der Waals surface area contributed by atoms with E-state index in [1.807, 2.05) is 22.9 Å². The number of fused-ring (bicyclic) bond motifs is 1. The molecule has 2 aliphatic rings. The molecule has 2 N–H and O–H groups in total. The summed E-state index contributed by atoms with van der Waals surface area (Å²) in [5.74, 6) is 0.919. The van der Waals surface area contributed by atoms with Gasteiger partial charge in [-0.05, 0) is 31.0 Å². The summed E-state index contributed by atoms with van der Waals surface area (Å²) >= 11 is 0. The molecule has 2 fully saturated rings. The van der Waals surface area contributed by atoms with Crippen LogP contribution in [0.25, 0.3) is 11.0 Å². The molecule has 2 amide bonds. The lowest BCUT2D eigenvalue weighted by Crippen LogP contribution is -2.48. The van der Waals surface area contributed by atoms with Crippen molar-refractivity contribution < 1.29 is 14.7 Å². The third-order valence-electron chi connectivity index (χ3n) is 6.41. The Kier molecular flexibility index (Phi) is 6.01. The van der Waals surface area contributed by atoms with Crippen molar-refractivity contribution in [1.29, 1.82) is 0 Å². The zero-order valence-electron chi connectivity index (χ0n) is 19.9. The highest BCUT2D eigenvalue weighted by atomic mass is 16.4. The lowest BCUT2D eigenvalue weighted by atomic mass is 10.3. The van der Waals surface area contributed by atoms with E-state index in [4.69, 9.17) is 10.1 Å². The number of nitrogens with one attached hydrogen (secondary N) is 1. The summed E-state index contributed by atoms with van der Waals surface area (Å²) in [4.78, 5) is 42.7. The average molecular weight is 480 g/mol. The number of anilines is 3. The van der Waals surface area contributed by atoms with Crippen LogP contribution in [-0.4, -0.2) is 99.9 Å². The fraction of sp³-hybridized carbons (Fsp3) is 0.435. The molecule has 3 aromatic rings. The molecule has 0 aliphatic carbocycles. The molecular formula is C23H29N9O3. The number of carbonyl (C=O) groups is 2. The fourth-order valence-electron chi connectivity index (χ4n) is 4.52. The number of aromatic nitrogens is 4. The van der Waals surface area contributed by atoms with E-state index in [0.717, 1.165) is 37.0 Å². The van der Waals surface area contributed by atoms with E-state index in [2.05, 4.69) is 25.2 Å². The van der Waals surface area contributed by atoms with Gasteiger partial charge in [0.15, 0.2) is 5.65 Å². The molecule has 2 saturated heterocycles. The number of carbonyl (C=O) groups excluding carboxylic acids is 1. The van der Waals surface area contributed by atoms with Gasteiger partial charge < -0.3 is 30.1 Å². The van der Waals surface area contributed by atoms with Gasteiger partial charge in [-0.1, -0.05) is 0 Å². The third kappa shape index (κ3) is 4.51. The molecule has 2 aliphatic heterocycles. The smallest absolute Gasteiger partial charge is 0.407 e. The molecule has 0 aromatic carbocycles. The number of amides is 2. The van der Waals surface area contributed by atoms with Gasteiger partial charge in [0.25, 0.3) is 5.91 Å². The van der Waals surface area contributed by atoms with Crippen LogP contribution in [0.1, 0.15) is 23.3 Å². The Bertz CT molecular complexity index is 1230. The molecular weight excluding hydrogens is 450 g/mol. The van der Waals surface area contributed by atoms with E-state index in [0.29, 0.717) is 49.3 Å². The Morgan fingerprint density at radius 3 is 2.37 bits per heavy atom. The number of piperazine rings is 1. The second-order valence-electron chi connectivity index (χ2n) is 8.96. The predicted molar refractivity (Wildman–Crippen MR) is 132 cm³/mol. The first-order valence-electron chi connectivity index (χ1n) is 11.7. The maximum absolute atomic E-state index is 12.9. The van der Waals surface area contributed by atoms with Gasteiger partial charge in [0.05, 0.1) is 11.9 Å².